The summed E-state index contributed by atoms with van der Waals surface area (Å²) in [5.41, 5.74) is 1.31. The molecule has 0 aromatic heterocycles. The first kappa shape index (κ1) is 22.7. The summed E-state index contributed by atoms with van der Waals surface area (Å²) in [5.74, 6) is -2.18. The van der Waals surface area contributed by atoms with Gasteiger partial charge in [0.25, 0.3) is 17.7 Å². The number of benzene rings is 3. The van der Waals surface area contributed by atoms with E-state index in [2.05, 4.69) is 5.32 Å². The predicted molar refractivity (Wildman–Crippen MR) is 123 cm³/mol. The van der Waals surface area contributed by atoms with Crippen molar-refractivity contribution in [3.63, 3.8) is 0 Å². The van der Waals surface area contributed by atoms with Gasteiger partial charge in [-0.15, -0.1) is 0 Å². The van der Waals surface area contributed by atoms with Crippen LogP contribution in [0.1, 0.15) is 39.3 Å². The zero-order chi connectivity index (χ0) is 24.1. The first-order chi connectivity index (χ1) is 16.5. The smallest absolute Gasteiger partial charge is 0.327 e. The van der Waals surface area contributed by atoms with Gasteiger partial charge in [0.05, 0.1) is 23.4 Å². The molecule has 3 amide bonds. The molecular formula is C26H22N2O6. The van der Waals surface area contributed by atoms with Crippen LogP contribution in [0, 0.1) is 0 Å². The lowest BCUT2D eigenvalue weighted by atomic mass is 10.1. The molecule has 0 spiro atoms. The third kappa shape index (κ3) is 4.66. The Labute approximate surface area is 196 Å². The van der Waals surface area contributed by atoms with Crippen LogP contribution in [0.25, 0.3) is 0 Å². The highest BCUT2D eigenvalue weighted by Crippen LogP contribution is 2.27. The van der Waals surface area contributed by atoms with Gasteiger partial charge in [0.2, 0.25) is 6.10 Å². The standard InChI is InChI=1S/C26H22N2O6/c1-2-33-21-15-9-8-14-20(21)27-24(30)23(17-10-4-3-5-11-17)34-22(29)16-28-25(31)18-12-6-7-13-19(18)26(28)32/h3-15,23H,2,16H2,1H3,(H,27,30). The fourth-order valence-corrected chi connectivity index (χ4v) is 3.63. The molecular weight excluding hydrogens is 436 g/mol. The van der Waals surface area contributed by atoms with E-state index in [1.165, 1.54) is 12.1 Å². The number of ether oxygens (including phenoxy) is 2. The van der Waals surface area contributed by atoms with Gasteiger partial charge in [-0.2, -0.15) is 0 Å². The molecule has 8 nitrogen and oxygen atoms in total. The lowest BCUT2D eigenvalue weighted by Crippen LogP contribution is -2.37. The molecule has 0 radical (unpaired) electrons. The second kappa shape index (κ2) is 9.99. The molecule has 1 unspecified atom stereocenters. The van der Waals surface area contributed by atoms with Crippen molar-refractivity contribution in [2.24, 2.45) is 0 Å². The van der Waals surface area contributed by atoms with Crippen LogP contribution in [-0.2, 0) is 14.3 Å². The van der Waals surface area contributed by atoms with Gasteiger partial charge in [-0.1, -0.05) is 54.6 Å². The van der Waals surface area contributed by atoms with Gasteiger partial charge < -0.3 is 14.8 Å². The van der Waals surface area contributed by atoms with Crippen molar-refractivity contribution in [1.29, 1.82) is 0 Å². The Balaban J connectivity index is 1.52. The van der Waals surface area contributed by atoms with E-state index in [0.717, 1.165) is 4.90 Å². The first-order valence-electron chi connectivity index (χ1n) is 10.7. The zero-order valence-electron chi connectivity index (χ0n) is 18.4. The predicted octanol–water partition coefficient (Wildman–Crippen LogP) is 3.60. The van der Waals surface area contributed by atoms with Gasteiger partial charge in [0.1, 0.15) is 12.3 Å². The van der Waals surface area contributed by atoms with Gasteiger partial charge in [0.15, 0.2) is 0 Å². The van der Waals surface area contributed by atoms with Crippen LogP contribution >= 0.6 is 0 Å². The molecule has 4 rings (SSSR count). The zero-order valence-corrected chi connectivity index (χ0v) is 18.4. The fraction of sp³-hybridized carbons (Fsp3) is 0.154. The van der Waals surface area contributed by atoms with Gasteiger partial charge >= 0.3 is 5.97 Å². The maximum atomic E-state index is 13.2. The topological polar surface area (TPSA) is 102 Å². The number of esters is 1. The summed E-state index contributed by atoms with van der Waals surface area (Å²) in [5, 5.41) is 2.74. The molecule has 1 atom stereocenters. The van der Waals surface area contributed by atoms with Gasteiger partial charge in [-0.25, -0.2) is 0 Å². The number of rotatable bonds is 8. The largest absolute Gasteiger partial charge is 0.492 e. The van der Waals surface area contributed by atoms with E-state index in [1.807, 2.05) is 6.92 Å². The molecule has 8 heteroatoms. The lowest BCUT2D eigenvalue weighted by molar-refractivity contribution is -0.154. The summed E-state index contributed by atoms with van der Waals surface area (Å²) < 4.78 is 11.0. The summed E-state index contributed by atoms with van der Waals surface area (Å²) >= 11 is 0. The number of hydrogen-bond acceptors (Lipinski definition) is 6. The van der Waals surface area contributed by atoms with Crippen molar-refractivity contribution < 1.29 is 28.7 Å². The summed E-state index contributed by atoms with van der Waals surface area (Å²) in [4.78, 5) is 51.9. The number of nitrogens with zero attached hydrogens (tertiary/aromatic N) is 1. The molecule has 1 aliphatic heterocycles. The average molecular weight is 458 g/mol. The molecule has 0 aliphatic carbocycles. The Bertz CT molecular complexity index is 1210. The Kier molecular flexibility index (Phi) is 6.68. The molecule has 0 bridgehead atoms. The number of fused-ring (bicyclic) bond motifs is 1. The number of imide groups is 1. The van der Waals surface area contributed by atoms with E-state index >= 15 is 0 Å². The van der Waals surface area contributed by atoms with Gasteiger partial charge in [-0.3, -0.25) is 24.1 Å². The summed E-state index contributed by atoms with van der Waals surface area (Å²) in [6.45, 7) is 1.62. The normalized spacial score (nSPS) is 13.3. The van der Waals surface area contributed by atoms with E-state index < -0.39 is 36.3 Å². The number of anilines is 1. The molecule has 34 heavy (non-hydrogen) atoms. The minimum Gasteiger partial charge on any atom is -0.492 e. The molecule has 172 valence electrons. The molecule has 0 saturated heterocycles. The molecule has 3 aromatic rings. The third-order valence-corrected chi connectivity index (χ3v) is 5.20. The minimum absolute atomic E-state index is 0.227. The second-order valence-corrected chi connectivity index (χ2v) is 7.44. The quantitative estimate of drug-likeness (QED) is 0.409. The highest BCUT2D eigenvalue weighted by molar-refractivity contribution is 6.22. The number of hydrogen-bond donors (Lipinski definition) is 1. The highest BCUT2D eigenvalue weighted by atomic mass is 16.5. The van der Waals surface area contributed by atoms with Gasteiger partial charge in [-0.05, 0) is 31.2 Å². The van der Waals surface area contributed by atoms with Crippen LogP contribution in [0.3, 0.4) is 0 Å². The Morgan fingerprint density at radius 1 is 0.853 bits per heavy atom. The first-order valence-corrected chi connectivity index (χ1v) is 10.7. The minimum atomic E-state index is -1.31. The maximum Gasteiger partial charge on any atom is 0.327 e. The van der Waals surface area contributed by atoms with Crippen LogP contribution in [0.15, 0.2) is 78.9 Å². The number of carbonyl (C=O) groups excluding carboxylic acids is 4. The van der Waals surface area contributed by atoms with Crippen molar-refractivity contribution in [2.75, 3.05) is 18.5 Å². The van der Waals surface area contributed by atoms with Crippen LogP contribution in [0.4, 0.5) is 5.69 Å². The Hall–Kier alpha value is -4.46. The van der Waals surface area contributed by atoms with Crippen molar-refractivity contribution in [3.05, 3.63) is 95.6 Å². The Morgan fingerprint density at radius 2 is 1.44 bits per heavy atom. The Morgan fingerprint density at radius 3 is 2.09 bits per heavy atom. The van der Waals surface area contributed by atoms with Crippen LogP contribution in [0.2, 0.25) is 0 Å². The maximum absolute atomic E-state index is 13.2. The van der Waals surface area contributed by atoms with E-state index in [-0.39, 0.29) is 11.1 Å². The van der Waals surface area contributed by atoms with Crippen molar-refractivity contribution >= 4 is 29.4 Å². The molecule has 3 aromatic carbocycles. The van der Waals surface area contributed by atoms with Crippen LogP contribution < -0.4 is 10.1 Å². The number of amides is 3. The summed E-state index contributed by atoms with van der Waals surface area (Å²) in [7, 11) is 0. The summed E-state index contributed by atoms with van der Waals surface area (Å²) in [6.07, 6.45) is -1.31. The van der Waals surface area contributed by atoms with Crippen molar-refractivity contribution in [3.8, 4) is 5.75 Å². The van der Waals surface area contributed by atoms with Gasteiger partial charge in [0, 0.05) is 5.56 Å². The third-order valence-electron chi connectivity index (χ3n) is 5.20. The summed E-state index contributed by atoms with van der Waals surface area (Å²) in [6, 6.07) is 21.7. The van der Waals surface area contributed by atoms with E-state index in [9.17, 15) is 19.2 Å². The number of nitrogens with one attached hydrogen (secondary N) is 1. The molecule has 1 N–H and O–H groups in total. The van der Waals surface area contributed by atoms with Crippen molar-refractivity contribution in [1.82, 2.24) is 4.90 Å². The molecule has 1 aliphatic rings. The lowest BCUT2D eigenvalue weighted by Gasteiger charge is -2.20. The monoisotopic (exact) mass is 458 g/mol. The average Bonchev–Trinajstić information content (AvgIpc) is 3.09. The van der Waals surface area contributed by atoms with E-state index in [4.69, 9.17) is 9.47 Å². The highest BCUT2D eigenvalue weighted by Gasteiger charge is 2.37. The SMILES string of the molecule is CCOc1ccccc1NC(=O)C(OC(=O)CN1C(=O)c2ccccc2C1=O)c1ccccc1. The number of para-hydroxylation sites is 2. The van der Waals surface area contributed by atoms with Crippen molar-refractivity contribution in [2.45, 2.75) is 13.0 Å². The second-order valence-electron chi connectivity index (χ2n) is 7.44. The van der Waals surface area contributed by atoms with Crippen LogP contribution in [0.5, 0.6) is 5.75 Å². The fourth-order valence-electron chi connectivity index (χ4n) is 3.63. The number of carbonyl (C=O) groups is 4. The molecule has 0 saturated carbocycles. The van der Waals surface area contributed by atoms with E-state index in [0.29, 0.717) is 23.6 Å². The van der Waals surface area contributed by atoms with E-state index in [1.54, 1.807) is 66.7 Å². The molecule has 0 fully saturated rings. The molecule has 1 heterocycles. The van der Waals surface area contributed by atoms with Crippen LogP contribution in [-0.4, -0.2) is 41.7 Å².